The summed E-state index contributed by atoms with van der Waals surface area (Å²) in [5.74, 6) is -0.183. The summed E-state index contributed by atoms with van der Waals surface area (Å²) in [7, 11) is 0. The van der Waals surface area contributed by atoms with Crippen molar-refractivity contribution in [3.8, 4) is 0 Å². The lowest BCUT2D eigenvalue weighted by Crippen LogP contribution is -2.11. The first-order valence-corrected chi connectivity index (χ1v) is 6.26. The van der Waals surface area contributed by atoms with Crippen LogP contribution in [0.3, 0.4) is 0 Å². The molecule has 4 nitrogen and oxygen atoms in total. The Bertz CT molecular complexity index is 560. The van der Waals surface area contributed by atoms with E-state index < -0.39 is 0 Å². The summed E-state index contributed by atoms with van der Waals surface area (Å²) in [4.78, 5) is 12.3. The third-order valence-corrected chi connectivity index (χ3v) is 2.85. The van der Waals surface area contributed by atoms with E-state index in [1.807, 2.05) is 6.92 Å². The number of ketones is 1. The van der Waals surface area contributed by atoms with Crippen molar-refractivity contribution in [3.05, 3.63) is 45.7 Å². The molecule has 0 bridgehead atoms. The van der Waals surface area contributed by atoms with Gasteiger partial charge in [-0.3, -0.25) is 4.79 Å². The summed E-state index contributed by atoms with van der Waals surface area (Å²) in [6.07, 6.45) is 2.33. The number of benzene rings is 1. The Hall–Kier alpha value is -1.39. The van der Waals surface area contributed by atoms with E-state index in [-0.39, 0.29) is 5.78 Å². The van der Waals surface area contributed by atoms with Crippen molar-refractivity contribution in [2.75, 3.05) is 0 Å². The Kier molecular flexibility index (Phi) is 3.99. The van der Waals surface area contributed by atoms with Crippen LogP contribution in [0.1, 0.15) is 29.4 Å². The van der Waals surface area contributed by atoms with E-state index in [0.29, 0.717) is 27.8 Å². The number of aryl methyl sites for hydroxylation is 1. The molecule has 1 aromatic heterocycles. The molecule has 0 aliphatic rings. The van der Waals surface area contributed by atoms with Crippen LogP contribution in [0.25, 0.3) is 0 Å². The van der Waals surface area contributed by atoms with Crippen LogP contribution in [0, 0.1) is 0 Å². The smallest absolute Gasteiger partial charge is 0.212 e. The van der Waals surface area contributed by atoms with E-state index in [1.165, 1.54) is 6.20 Å². The van der Waals surface area contributed by atoms with Gasteiger partial charge in [0.25, 0.3) is 0 Å². The molecule has 0 radical (unpaired) electrons. The maximum absolute atomic E-state index is 12.3. The van der Waals surface area contributed by atoms with Gasteiger partial charge in [0, 0.05) is 22.2 Å². The summed E-state index contributed by atoms with van der Waals surface area (Å²) in [6.45, 7) is 2.65. The highest BCUT2D eigenvalue weighted by Crippen LogP contribution is 2.21. The SMILES string of the molecule is CCCn1nncc1C(=O)c1cc(Cl)cc(Cl)c1. The first-order valence-electron chi connectivity index (χ1n) is 5.51. The van der Waals surface area contributed by atoms with Gasteiger partial charge in [-0.25, -0.2) is 4.68 Å². The molecule has 0 saturated heterocycles. The van der Waals surface area contributed by atoms with Gasteiger partial charge in [-0.15, -0.1) is 5.10 Å². The van der Waals surface area contributed by atoms with Crippen LogP contribution in [0.15, 0.2) is 24.4 Å². The fourth-order valence-corrected chi connectivity index (χ4v) is 2.17. The minimum atomic E-state index is -0.183. The lowest BCUT2D eigenvalue weighted by molar-refractivity contribution is 0.102. The van der Waals surface area contributed by atoms with Crippen molar-refractivity contribution >= 4 is 29.0 Å². The average Bonchev–Trinajstić information content (AvgIpc) is 2.75. The first kappa shape index (κ1) is 13.1. The molecule has 0 unspecified atom stereocenters. The predicted octanol–water partition coefficient (Wildman–Crippen LogP) is 3.23. The van der Waals surface area contributed by atoms with Crippen molar-refractivity contribution in [2.24, 2.45) is 0 Å². The van der Waals surface area contributed by atoms with E-state index in [1.54, 1.807) is 22.9 Å². The van der Waals surface area contributed by atoms with Gasteiger partial charge < -0.3 is 0 Å². The van der Waals surface area contributed by atoms with E-state index in [4.69, 9.17) is 23.2 Å². The predicted molar refractivity (Wildman–Crippen MR) is 70.2 cm³/mol. The Balaban J connectivity index is 2.38. The van der Waals surface area contributed by atoms with Gasteiger partial charge >= 0.3 is 0 Å². The van der Waals surface area contributed by atoms with E-state index in [0.717, 1.165) is 6.42 Å². The minimum Gasteiger partial charge on any atom is -0.287 e. The zero-order valence-electron chi connectivity index (χ0n) is 9.73. The molecule has 6 heteroatoms. The Labute approximate surface area is 115 Å². The van der Waals surface area contributed by atoms with Crippen LogP contribution in [0.4, 0.5) is 0 Å². The quantitative estimate of drug-likeness (QED) is 0.810. The highest BCUT2D eigenvalue weighted by molar-refractivity contribution is 6.35. The first-order chi connectivity index (χ1) is 8.61. The molecule has 1 heterocycles. The molecular weight excluding hydrogens is 273 g/mol. The van der Waals surface area contributed by atoms with Gasteiger partial charge in [0.05, 0.1) is 6.20 Å². The summed E-state index contributed by atoms with van der Waals surface area (Å²) in [6, 6.07) is 4.75. The zero-order valence-corrected chi connectivity index (χ0v) is 11.2. The van der Waals surface area contributed by atoms with Crippen molar-refractivity contribution < 1.29 is 4.79 Å². The molecule has 0 amide bonds. The summed E-state index contributed by atoms with van der Waals surface area (Å²) >= 11 is 11.8. The Morgan fingerprint density at radius 1 is 1.28 bits per heavy atom. The highest BCUT2D eigenvalue weighted by atomic mass is 35.5. The van der Waals surface area contributed by atoms with Crippen molar-refractivity contribution in [3.63, 3.8) is 0 Å². The Morgan fingerprint density at radius 2 is 1.94 bits per heavy atom. The Morgan fingerprint density at radius 3 is 2.56 bits per heavy atom. The third-order valence-electron chi connectivity index (χ3n) is 2.41. The fourth-order valence-electron chi connectivity index (χ4n) is 1.64. The maximum Gasteiger partial charge on any atom is 0.212 e. The molecule has 0 atom stereocenters. The van der Waals surface area contributed by atoms with Gasteiger partial charge in [0.2, 0.25) is 5.78 Å². The molecule has 0 aliphatic carbocycles. The molecule has 1 aromatic carbocycles. The van der Waals surface area contributed by atoms with Crippen LogP contribution in [0.2, 0.25) is 10.0 Å². The molecule has 18 heavy (non-hydrogen) atoms. The lowest BCUT2D eigenvalue weighted by atomic mass is 10.1. The molecule has 0 N–H and O–H groups in total. The topological polar surface area (TPSA) is 47.8 Å². The van der Waals surface area contributed by atoms with Crippen molar-refractivity contribution in [1.82, 2.24) is 15.0 Å². The van der Waals surface area contributed by atoms with Crippen LogP contribution in [0.5, 0.6) is 0 Å². The molecule has 2 aromatic rings. The largest absolute Gasteiger partial charge is 0.287 e. The van der Waals surface area contributed by atoms with Crippen LogP contribution in [-0.4, -0.2) is 20.8 Å². The van der Waals surface area contributed by atoms with Crippen LogP contribution in [-0.2, 0) is 6.54 Å². The van der Waals surface area contributed by atoms with E-state index in [2.05, 4.69) is 10.3 Å². The highest BCUT2D eigenvalue weighted by Gasteiger charge is 2.16. The second kappa shape index (κ2) is 5.50. The normalized spacial score (nSPS) is 10.6. The zero-order chi connectivity index (χ0) is 13.1. The molecule has 0 saturated carbocycles. The molecular formula is C12H11Cl2N3O. The summed E-state index contributed by atoms with van der Waals surface area (Å²) < 4.78 is 1.58. The number of rotatable bonds is 4. The second-order valence-electron chi connectivity index (χ2n) is 3.83. The number of carbonyl (C=O) groups is 1. The molecule has 94 valence electrons. The standard InChI is InChI=1S/C12H11Cl2N3O/c1-2-3-17-11(7-15-16-17)12(18)8-4-9(13)6-10(14)5-8/h4-7H,2-3H2,1H3. The maximum atomic E-state index is 12.3. The van der Waals surface area contributed by atoms with Gasteiger partial charge in [-0.1, -0.05) is 35.3 Å². The van der Waals surface area contributed by atoms with Gasteiger partial charge in [0.1, 0.15) is 5.69 Å². The lowest BCUT2D eigenvalue weighted by Gasteiger charge is -2.04. The number of hydrogen-bond donors (Lipinski definition) is 0. The number of nitrogens with zero attached hydrogens (tertiary/aromatic N) is 3. The molecule has 0 spiro atoms. The number of halogens is 2. The summed E-state index contributed by atoms with van der Waals surface area (Å²) in [5, 5.41) is 8.50. The number of hydrogen-bond acceptors (Lipinski definition) is 3. The molecule has 0 fully saturated rings. The minimum absolute atomic E-state index is 0.183. The number of aromatic nitrogens is 3. The van der Waals surface area contributed by atoms with Crippen molar-refractivity contribution in [1.29, 1.82) is 0 Å². The fraction of sp³-hybridized carbons (Fsp3) is 0.250. The van der Waals surface area contributed by atoms with E-state index in [9.17, 15) is 4.79 Å². The average molecular weight is 284 g/mol. The van der Waals surface area contributed by atoms with E-state index >= 15 is 0 Å². The van der Waals surface area contributed by atoms with Crippen LogP contribution < -0.4 is 0 Å². The monoisotopic (exact) mass is 283 g/mol. The summed E-state index contributed by atoms with van der Waals surface area (Å²) in [5.41, 5.74) is 0.877. The van der Waals surface area contributed by atoms with Gasteiger partial charge in [0.15, 0.2) is 0 Å². The molecule has 2 rings (SSSR count). The van der Waals surface area contributed by atoms with Crippen molar-refractivity contribution in [2.45, 2.75) is 19.9 Å². The third kappa shape index (κ3) is 2.71. The number of carbonyl (C=O) groups excluding carboxylic acids is 1. The van der Waals surface area contributed by atoms with Gasteiger partial charge in [-0.05, 0) is 24.6 Å². The van der Waals surface area contributed by atoms with Crippen LogP contribution >= 0.6 is 23.2 Å². The van der Waals surface area contributed by atoms with Gasteiger partial charge in [-0.2, -0.15) is 0 Å². The molecule has 0 aliphatic heterocycles. The second-order valence-corrected chi connectivity index (χ2v) is 4.70.